The van der Waals surface area contributed by atoms with Crippen LogP contribution in [0.25, 0.3) is 11.5 Å². The van der Waals surface area contributed by atoms with Crippen LogP contribution in [0.3, 0.4) is 0 Å². The van der Waals surface area contributed by atoms with Gasteiger partial charge in [-0.2, -0.15) is 5.10 Å². The van der Waals surface area contributed by atoms with Crippen LogP contribution in [0.15, 0.2) is 46.9 Å². The number of aryl methyl sites for hydroxylation is 1. The largest absolute Gasteiger partial charge is 0.460 e. The average Bonchev–Trinajstić information content (AvgIpc) is 3.48. The van der Waals surface area contributed by atoms with Gasteiger partial charge in [0.15, 0.2) is 11.5 Å². The fraction of sp³-hybridized carbons (Fsp3) is 0.400. The van der Waals surface area contributed by atoms with Gasteiger partial charge in [-0.3, -0.25) is 14.7 Å². The molecule has 9 nitrogen and oxygen atoms in total. The second-order valence-electron chi connectivity index (χ2n) is 8.57. The van der Waals surface area contributed by atoms with E-state index in [2.05, 4.69) is 15.1 Å². The fourth-order valence-electron chi connectivity index (χ4n) is 4.15. The van der Waals surface area contributed by atoms with Crippen molar-refractivity contribution < 1.29 is 18.7 Å². The quantitative estimate of drug-likeness (QED) is 0.637. The number of carbonyl (C=O) groups excluding carboxylic acids is 2. The zero-order valence-corrected chi connectivity index (χ0v) is 19.9. The zero-order chi connectivity index (χ0) is 24.1. The first-order valence-corrected chi connectivity index (χ1v) is 11.4. The number of benzene rings is 1. The number of nitrogens with one attached hydrogen (secondary N) is 1. The number of fused-ring (bicyclic) bond motifs is 1. The molecule has 0 unspecified atom stereocenters. The summed E-state index contributed by atoms with van der Waals surface area (Å²) in [5.41, 5.74) is 2.69. The molecular formula is C25H31N5O4. The molecule has 1 aromatic carbocycles. The minimum atomic E-state index is -0.178. The molecule has 9 heteroatoms. The number of ether oxygens (including phenoxy) is 1. The number of H-pyrrole nitrogens is 1. The molecule has 2 aromatic heterocycles. The first kappa shape index (κ1) is 23.7. The number of carbonyl (C=O) groups is 2. The number of aromatic nitrogens is 2. The normalized spacial score (nSPS) is 15.6. The molecule has 180 valence electrons. The Kier molecular flexibility index (Phi) is 7.44. The molecule has 3 heterocycles. The number of methoxy groups -OCH3 is 1. The Labute approximate surface area is 199 Å². The van der Waals surface area contributed by atoms with Gasteiger partial charge in [-0.05, 0) is 50.7 Å². The highest BCUT2D eigenvalue weighted by molar-refractivity contribution is 5.96. The Hall–Kier alpha value is -3.43. The van der Waals surface area contributed by atoms with Gasteiger partial charge in [0.1, 0.15) is 18.1 Å². The van der Waals surface area contributed by atoms with E-state index in [0.717, 1.165) is 30.0 Å². The molecule has 0 saturated carbocycles. The monoisotopic (exact) mass is 465 g/mol. The van der Waals surface area contributed by atoms with Crippen LogP contribution in [0, 0.1) is 6.92 Å². The molecule has 0 fully saturated rings. The molecule has 2 amide bonds. The van der Waals surface area contributed by atoms with E-state index in [9.17, 15) is 9.59 Å². The molecule has 1 N–H and O–H groups in total. The molecule has 1 aliphatic rings. The summed E-state index contributed by atoms with van der Waals surface area (Å²) in [6, 6.07) is 13.2. The van der Waals surface area contributed by atoms with E-state index in [4.69, 9.17) is 9.15 Å². The Morgan fingerprint density at radius 1 is 1.12 bits per heavy atom. The average molecular weight is 466 g/mol. The van der Waals surface area contributed by atoms with Crippen molar-refractivity contribution in [2.24, 2.45) is 0 Å². The summed E-state index contributed by atoms with van der Waals surface area (Å²) in [5.74, 6) is 1.15. The van der Waals surface area contributed by atoms with Crippen LogP contribution in [0.4, 0.5) is 5.69 Å². The Bertz CT molecular complexity index is 1140. The second-order valence-corrected chi connectivity index (χ2v) is 8.57. The standard InChI is InChI=1S/C25H31N5O4/c1-18-9-10-23(34-18)20-15-21(27-26-20)25(32)29-14-13-28(2)11-6-12-30(24(31)17-33-3)22-8-5-4-7-19(22)16-29/h4-5,7-10,15H,6,11-14,16-17H2,1-3H3,(H,26,27). The van der Waals surface area contributed by atoms with Gasteiger partial charge in [-0.1, -0.05) is 18.2 Å². The predicted octanol–water partition coefficient (Wildman–Crippen LogP) is 2.94. The van der Waals surface area contributed by atoms with Crippen LogP contribution in [0.2, 0.25) is 0 Å². The first-order chi connectivity index (χ1) is 16.5. The van der Waals surface area contributed by atoms with E-state index in [0.29, 0.717) is 43.3 Å². The maximum atomic E-state index is 13.5. The highest BCUT2D eigenvalue weighted by Gasteiger charge is 2.25. The van der Waals surface area contributed by atoms with Gasteiger partial charge < -0.3 is 23.9 Å². The van der Waals surface area contributed by atoms with Crippen molar-refractivity contribution in [1.82, 2.24) is 20.0 Å². The van der Waals surface area contributed by atoms with Crippen molar-refractivity contribution in [3.63, 3.8) is 0 Å². The summed E-state index contributed by atoms with van der Waals surface area (Å²) in [4.78, 5) is 32.1. The third-order valence-electron chi connectivity index (χ3n) is 5.98. The molecule has 0 aliphatic carbocycles. The van der Waals surface area contributed by atoms with E-state index >= 15 is 0 Å². The molecular weight excluding hydrogens is 434 g/mol. The highest BCUT2D eigenvalue weighted by Crippen LogP contribution is 2.25. The summed E-state index contributed by atoms with van der Waals surface area (Å²) in [7, 11) is 3.55. The SMILES string of the molecule is COCC(=O)N1CCCN(C)CCN(C(=O)c2cc(-c3ccc(C)o3)[nH]n2)Cc2ccccc21. The number of nitrogens with zero attached hydrogens (tertiary/aromatic N) is 4. The van der Waals surface area contributed by atoms with Gasteiger partial charge in [-0.15, -0.1) is 0 Å². The fourth-order valence-corrected chi connectivity index (χ4v) is 4.15. The van der Waals surface area contributed by atoms with Crippen molar-refractivity contribution in [1.29, 1.82) is 0 Å². The van der Waals surface area contributed by atoms with E-state index in [1.807, 2.05) is 50.4 Å². The van der Waals surface area contributed by atoms with Gasteiger partial charge >= 0.3 is 0 Å². The van der Waals surface area contributed by atoms with Gasteiger partial charge in [0.2, 0.25) is 0 Å². The maximum absolute atomic E-state index is 13.5. The molecule has 4 rings (SSSR count). The lowest BCUT2D eigenvalue weighted by atomic mass is 10.1. The molecule has 0 saturated heterocycles. The molecule has 3 aromatic rings. The van der Waals surface area contributed by atoms with Gasteiger partial charge in [0.25, 0.3) is 11.8 Å². The molecule has 0 atom stereocenters. The molecule has 0 spiro atoms. The van der Waals surface area contributed by atoms with Crippen LogP contribution < -0.4 is 4.90 Å². The molecule has 1 aliphatic heterocycles. The van der Waals surface area contributed by atoms with Crippen molar-refractivity contribution in [3.05, 3.63) is 59.5 Å². The lowest BCUT2D eigenvalue weighted by Gasteiger charge is -2.27. The van der Waals surface area contributed by atoms with Crippen molar-refractivity contribution in [2.45, 2.75) is 19.9 Å². The smallest absolute Gasteiger partial charge is 0.274 e. The summed E-state index contributed by atoms with van der Waals surface area (Å²) in [6.07, 6.45) is 0.819. The van der Waals surface area contributed by atoms with E-state index < -0.39 is 0 Å². The van der Waals surface area contributed by atoms with Gasteiger partial charge in [0, 0.05) is 45.0 Å². The lowest BCUT2D eigenvalue weighted by Crippen LogP contribution is -2.37. The molecule has 34 heavy (non-hydrogen) atoms. The van der Waals surface area contributed by atoms with Crippen LogP contribution in [-0.4, -0.2) is 78.8 Å². The Morgan fingerprint density at radius 3 is 2.71 bits per heavy atom. The number of anilines is 1. The maximum Gasteiger partial charge on any atom is 0.274 e. The summed E-state index contributed by atoms with van der Waals surface area (Å²) in [5, 5.41) is 7.17. The number of likely N-dealkylation sites (N-methyl/N-ethyl adjacent to an activating group) is 1. The van der Waals surface area contributed by atoms with Crippen molar-refractivity contribution in [3.8, 4) is 11.5 Å². The summed E-state index contributed by atoms with van der Waals surface area (Å²) in [6.45, 7) is 4.89. The minimum Gasteiger partial charge on any atom is -0.460 e. The number of furan rings is 1. The number of rotatable bonds is 4. The summed E-state index contributed by atoms with van der Waals surface area (Å²) < 4.78 is 10.8. The van der Waals surface area contributed by atoms with Crippen LogP contribution >= 0.6 is 0 Å². The third kappa shape index (κ3) is 5.37. The van der Waals surface area contributed by atoms with E-state index in [-0.39, 0.29) is 18.4 Å². The van der Waals surface area contributed by atoms with Gasteiger partial charge in [0.05, 0.1) is 0 Å². The zero-order valence-electron chi connectivity index (χ0n) is 19.9. The first-order valence-electron chi connectivity index (χ1n) is 11.4. The van der Waals surface area contributed by atoms with E-state index in [1.54, 1.807) is 15.9 Å². The number of amides is 2. The van der Waals surface area contributed by atoms with Crippen molar-refractivity contribution in [2.75, 3.05) is 51.8 Å². The number of para-hydroxylation sites is 1. The molecule has 0 radical (unpaired) electrons. The highest BCUT2D eigenvalue weighted by atomic mass is 16.5. The summed E-state index contributed by atoms with van der Waals surface area (Å²) >= 11 is 0. The van der Waals surface area contributed by atoms with E-state index in [1.165, 1.54) is 7.11 Å². The number of aromatic amines is 1. The Morgan fingerprint density at radius 2 is 1.94 bits per heavy atom. The van der Waals surface area contributed by atoms with Crippen LogP contribution in [-0.2, 0) is 16.1 Å². The number of hydrogen-bond donors (Lipinski definition) is 1. The predicted molar refractivity (Wildman–Crippen MR) is 129 cm³/mol. The minimum absolute atomic E-state index is 0.00905. The lowest BCUT2D eigenvalue weighted by molar-refractivity contribution is -0.122. The van der Waals surface area contributed by atoms with Gasteiger partial charge in [-0.25, -0.2) is 0 Å². The van der Waals surface area contributed by atoms with Crippen molar-refractivity contribution >= 4 is 17.5 Å². The number of hydrogen-bond acceptors (Lipinski definition) is 6. The second kappa shape index (κ2) is 10.7. The third-order valence-corrected chi connectivity index (χ3v) is 5.98. The molecule has 0 bridgehead atoms. The van der Waals surface area contributed by atoms with Crippen LogP contribution in [0.5, 0.6) is 0 Å². The topological polar surface area (TPSA) is 94.9 Å². The Balaban J connectivity index is 1.64. The van der Waals surface area contributed by atoms with Crippen LogP contribution in [0.1, 0.15) is 28.2 Å².